The molecule has 0 bridgehead atoms. The second-order valence-electron chi connectivity index (χ2n) is 7.53. The topological polar surface area (TPSA) is 18.5 Å². The van der Waals surface area contributed by atoms with Crippen LogP contribution in [0.25, 0.3) is 0 Å². The molecule has 1 aromatic rings. The third kappa shape index (κ3) is 4.47. The minimum Gasteiger partial charge on any atom is -0.491 e. The van der Waals surface area contributed by atoms with Crippen LogP contribution in [0.1, 0.15) is 51.0 Å². The van der Waals surface area contributed by atoms with Crippen LogP contribution in [0.2, 0.25) is 0 Å². The Bertz CT molecular complexity index is 500. The van der Waals surface area contributed by atoms with Gasteiger partial charge in [-0.15, -0.1) is 0 Å². The predicted molar refractivity (Wildman–Crippen MR) is 90.2 cm³/mol. The van der Waals surface area contributed by atoms with E-state index in [1.54, 1.807) is 13.0 Å². The molecule has 2 fully saturated rings. The maximum Gasteiger partial charge on any atom is 0.129 e. The molecule has 1 aromatic carbocycles. The average Bonchev–Trinajstić information content (AvgIpc) is 2.57. The van der Waals surface area contributed by atoms with Crippen LogP contribution in [0.15, 0.2) is 18.2 Å². The van der Waals surface area contributed by atoms with E-state index in [9.17, 15) is 4.39 Å². The Kier molecular flexibility index (Phi) is 5.58. The lowest BCUT2D eigenvalue weighted by molar-refractivity contribution is -0.0557. The van der Waals surface area contributed by atoms with Crippen molar-refractivity contribution in [2.45, 2.75) is 58.5 Å². The molecule has 2 atom stereocenters. The summed E-state index contributed by atoms with van der Waals surface area (Å²) in [5.74, 6) is 2.89. The largest absolute Gasteiger partial charge is 0.491 e. The fraction of sp³-hybridized carbons (Fsp3) is 0.700. The zero-order valence-corrected chi connectivity index (χ0v) is 14.4. The highest BCUT2D eigenvalue weighted by atomic mass is 19.1. The molecule has 1 aliphatic heterocycles. The molecule has 2 nitrogen and oxygen atoms in total. The number of rotatable bonds is 4. The van der Waals surface area contributed by atoms with Gasteiger partial charge >= 0.3 is 0 Å². The van der Waals surface area contributed by atoms with Gasteiger partial charge in [0, 0.05) is 6.07 Å². The van der Waals surface area contributed by atoms with E-state index in [2.05, 4.69) is 6.92 Å². The van der Waals surface area contributed by atoms with Crippen LogP contribution in [0, 0.1) is 30.5 Å². The van der Waals surface area contributed by atoms with Gasteiger partial charge in [0.1, 0.15) is 18.2 Å². The molecule has 3 heteroatoms. The first-order valence-corrected chi connectivity index (χ1v) is 9.12. The maximum atomic E-state index is 13.5. The number of benzene rings is 1. The smallest absolute Gasteiger partial charge is 0.129 e. The zero-order chi connectivity index (χ0) is 16.2. The Hall–Kier alpha value is -1.09. The summed E-state index contributed by atoms with van der Waals surface area (Å²) in [4.78, 5) is 0. The van der Waals surface area contributed by atoms with E-state index in [0.717, 1.165) is 30.8 Å². The summed E-state index contributed by atoms with van der Waals surface area (Å²) in [6.45, 7) is 5.52. The van der Waals surface area contributed by atoms with E-state index >= 15 is 0 Å². The summed E-state index contributed by atoms with van der Waals surface area (Å²) in [7, 11) is 0. The molecule has 128 valence electrons. The number of halogens is 1. The van der Waals surface area contributed by atoms with Crippen LogP contribution in [-0.2, 0) is 4.74 Å². The van der Waals surface area contributed by atoms with Crippen LogP contribution in [0.3, 0.4) is 0 Å². The van der Waals surface area contributed by atoms with Crippen LogP contribution in [-0.4, -0.2) is 19.3 Å². The molecule has 2 aliphatic rings. The highest BCUT2D eigenvalue weighted by molar-refractivity contribution is 5.27. The van der Waals surface area contributed by atoms with Crippen molar-refractivity contribution in [3.05, 3.63) is 29.6 Å². The number of hydrogen-bond acceptors (Lipinski definition) is 2. The third-order valence-corrected chi connectivity index (χ3v) is 5.71. The highest BCUT2D eigenvalue weighted by Crippen LogP contribution is 2.37. The second-order valence-corrected chi connectivity index (χ2v) is 7.53. The molecular weight excluding hydrogens is 291 g/mol. The summed E-state index contributed by atoms with van der Waals surface area (Å²) in [6, 6.07) is 5.05. The van der Waals surface area contributed by atoms with Crippen molar-refractivity contribution in [1.82, 2.24) is 0 Å². The van der Waals surface area contributed by atoms with Gasteiger partial charge in [-0.2, -0.15) is 0 Å². The highest BCUT2D eigenvalue weighted by Gasteiger charge is 2.30. The first-order valence-electron chi connectivity index (χ1n) is 9.12. The molecule has 1 aliphatic carbocycles. The first kappa shape index (κ1) is 16.8. The summed E-state index contributed by atoms with van der Waals surface area (Å²) in [5, 5.41) is 0. The van der Waals surface area contributed by atoms with Gasteiger partial charge in [-0.3, -0.25) is 0 Å². The molecule has 1 saturated carbocycles. The molecule has 0 spiro atoms. The molecule has 23 heavy (non-hydrogen) atoms. The van der Waals surface area contributed by atoms with Gasteiger partial charge in [0.05, 0.1) is 12.7 Å². The molecule has 0 N–H and O–H groups in total. The number of aryl methyl sites for hydroxylation is 1. The number of hydrogen-bond donors (Lipinski definition) is 0. The minimum atomic E-state index is -0.210. The third-order valence-electron chi connectivity index (χ3n) is 5.71. The lowest BCUT2D eigenvalue weighted by atomic mass is 9.74. The minimum absolute atomic E-state index is 0.151. The Morgan fingerprint density at radius 2 is 1.83 bits per heavy atom. The van der Waals surface area contributed by atoms with Crippen LogP contribution < -0.4 is 4.74 Å². The molecule has 2 unspecified atom stereocenters. The summed E-state index contributed by atoms with van der Waals surface area (Å²) < 4.78 is 25.3. The van der Waals surface area contributed by atoms with Gasteiger partial charge in [-0.05, 0) is 62.0 Å². The van der Waals surface area contributed by atoms with Gasteiger partial charge in [0.25, 0.3) is 0 Å². The van der Waals surface area contributed by atoms with Crippen molar-refractivity contribution in [2.75, 3.05) is 13.2 Å². The van der Waals surface area contributed by atoms with Crippen molar-refractivity contribution in [2.24, 2.45) is 17.8 Å². The molecular formula is C20H29FO2. The van der Waals surface area contributed by atoms with Crippen molar-refractivity contribution in [1.29, 1.82) is 0 Å². The predicted octanol–water partition coefficient (Wildman–Crippen LogP) is 5.13. The van der Waals surface area contributed by atoms with Gasteiger partial charge in [0.2, 0.25) is 0 Å². The summed E-state index contributed by atoms with van der Waals surface area (Å²) in [5.41, 5.74) is 0.649. The van der Waals surface area contributed by atoms with Crippen molar-refractivity contribution >= 4 is 0 Å². The number of ether oxygens (including phenoxy) is 2. The average molecular weight is 320 g/mol. The maximum absolute atomic E-state index is 13.5. The van der Waals surface area contributed by atoms with Crippen LogP contribution >= 0.6 is 0 Å². The van der Waals surface area contributed by atoms with Gasteiger partial charge in [-0.1, -0.05) is 25.8 Å². The van der Waals surface area contributed by atoms with Gasteiger partial charge < -0.3 is 9.47 Å². The normalized spacial score (nSPS) is 31.8. The lowest BCUT2D eigenvalue weighted by Crippen LogP contribution is -2.34. The fourth-order valence-corrected chi connectivity index (χ4v) is 3.94. The molecule has 3 rings (SSSR count). The molecule has 0 radical (unpaired) electrons. The second kappa shape index (κ2) is 7.65. The Morgan fingerprint density at radius 3 is 2.48 bits per heavy atom. The van der Waals surface area contributed by atoms with E-state index in [0.29, 0.717) is 17.9 Å². The van der Waals surface area contributed by atoms with Crippen molar-refractivity contribution in [3.63, 3.8) is 0 Å². The van der Waals surface area contributed by atoms with Crippen molar-refractivity contribution in [3.8, 4) is 5.75 Å². The van der Waals surface area contributed by atoms with E-state index in [1.807, 2.05) is 6.07 Å². The van der Waals surface area contributed by atoms with E-state index in [-0.39, 0.29) is 11.9 Å². The zero-order valence-electron chi connectivity index (χ0n) is 14.4. The summed E-state index contributed by atoms with van der Waals surface area (Å²) >= 11 is 0. The summed E-state index contributed by atoms with van der Waals surface area (Å²) in [6.07, 6.45) is 7.97. The van der Waals surface area contributed by atoms with Crippen molar-refractivity contribution < 1.29 is 13.9 Å². The monoisotopic (exact) mass is 320 g/mol. The Balaban J connectivity index is 1.41. The Morgan fingerprint density at radius 1 is 1.09 bits per heavy atom. The van der Waals surface area contributed by atoms with E-state index in [4.69, 9.17) is 9.47 Å². The molecule has 1 saturated heterocycles. The van der Waals surface area contributed by atoms with Crippen LogP contribution in [0.5, 0.6) is 5.75 Å². The Labute approximate surface area is 139 Å². The standard InChI is InChI=1S/C20H29FO2/c1-14-3-6-16(7-4-14)17-8-10-19(22-12-17)13-23-18-9-5-15(2)20(21)11-18/h5,9,11,14,16-17,19H,3-4,6-8,10,12-13H2,1-2H3. The van der Waals surface area contributed by atoms with E-state index < -0.39 is 0 Å². The molecule has 0 aromatic heterocycles. The SMILES string of the molecule is Cc1ccc(OCC2CCC(C3CCC(C)CC3)CO2)cc1F. The fourth-order valence-electron chi connectivity index (χ4n) is 3.94. The molecule has 0 amide bonds. The lowest BCUT2D eigenvalue weighted by Gasteiger charge is -2.37. The van der Waals surface area contributed by atoms with Gasteiger partial charge in [-0.25, -0.2) is 4.39 Å². The first-order chi connectivity index (χ1) is 11.1. The quantitative estimate of drug-likeness (QED) is 0.765. The molecule has 1 heterocycles. The van der Waals surface area contributed by atoms with Gasteiger partial charge in [0.15, 0.2) is 0 Å². The van der Waals surface area contributed by atoms with E-state index in [1.165, 1.54) is 38.2 Å². The van der Waals surface area contributed by atoms with Crippen LogP contribution in [0.4, 0.5) is 4.39 Å².